The number of alkyl halides is 2. The number of rotatable bonds is 12. The summed E-state index contributed by atoms with van der Waals surface area (Å²) in [5.41, 5.74) is -0.647. The average molecular weight is 795 g/mol. The second kappa shape index (κ2) is 14.2. The summed E-state index contributed by atoms with van der Waals surface area (Å²) in [7, 11) is -3.63. The number of hydrogen-bond donors (Lipinski definition) is 2. The van der Waals surface area contributed by atoms with Gasteiger partial charge in [-0.1, -0.05) is 23.6 Å². The quantitative estimate of drug-likeness (QED) is 0.0911. The molecule has 6 rings (SSSR count). The Kier molecular flexibility index (Phi) is 10.3. The summed E-state index contributed by atoms with van der Waals surface area (Å²) < 4.78 is 109. The highest BCUT2D eigenvalue weighted by Gasteiger charge is 2.47. The largest absolute Gasteiger partial charge is 0.755 e. The normalized spacial score (nSPS) is 16.6. The number of aromatic nitrogens is 3. The van der Waals surface area contributed by atoms with Crippen LogP contribution in [0.4, 0.5) is 28.2 Å². The fourth-order valence-corrected chi connectivity index (χ4v) is 9.05. The van der Waals surface area contributed by atoms with E-state index in [4.69, 9.17) is 11.6 Å². The Labute approximate surface area is 310 Å². The van der Waals surface area contributed by atoms with Gasteiger partial charge in [0.05, 0.1) is 38.5 Å². The molecule has 4 aromatic rings. The molecule has 1 unspecified atom stereocenters. The van der Waals surface area contributed by atoms with Gasteiger partial charge in [0.25, 0.3) is 6.43 Å². The number of amides is 1. The minimum Gasteiger partial charge on any atom is -0.755 e. The molecular formula is C35H33ClF4N5O6S2-. The van der Waals surface area contributed by atoms with Crippen LogP contribution in [0.3, 0.4) is 0 Å². The standard InChI is InChI=1S/C35H34ClF4N5O6S2/c1-34(2,53(50,51)23-5-6-23)11-10-22-4-7-24(30(41-22)27(42-33(46)47)16-19-14-20(37)17-21(38)15-19)25-8-9-26(36)29-31(25)44(18-28(39)40)43-32(29)45(52(48)49)35(3)12-13-35/h4,7-9,14-15,17,23,27-28,42H,5-6,12-13,16,18H2,1-3H3,(H,46,47)(H,48,49)/p-1/t27-/m0/s1. The van der Waals surface area contributed by atoms with E-state index in [1.54, 1.807) is 6.92 Å². The molecule has 2 aliphatic carbocycles. The van der Waals surface area contributed by atoms with Crippen LogP contribution >= 0.6 is 11.6 Å². The molecule has 2 aromatic heterocycles. The van der Waals surface area contributed by atoms with Crippen LogP contribution in [0.1, 0.15) is 69.4 Å². The predicted octanol–water partition coefficient (Wildman–Crippen LogP) is 6.71. The number of carboxylic acid groups (broad SMARTS) is 1. The zero-order valence-electron chi connectivity index (χ0n) is 28.5. The van der Waals surface area contributed by atoms with E-state index in [0.29, 0.717) is 31.7 Å². The number of sulfone groups is 1. The van der Waals surface area contributed by atoms with Crippen LogP contribution in [0, 0.1) is 23.5 Å². The van der Waals surface area contributed by atoms with Gasteiger partial charge < -0.3 is 15.0 Å². The summed E-state index contributed by atoms with van der Waals surface area (Å²) in [5, 5.41) is 16.1. The lowest BCUT2D eigenvalue weighted by Gasteiger charge is -2.31. The number of pyridine rings is 1. The minimum atomic E-state index is -3.63. The minimum absolute atomic E-state index is 0.00648. The molecule has 2 heterocycles. The Balaban J connectivity index is 1.61. The van der Waals surface area contributed by atoms with Crippen LogP contribution in [-0.4, -0.2) is 65.1 Å². The van der Waals surface area contributed by atoms with Crippen molar-refractivity contribution < 1.29 is 44.6 Å². The summed E-state index contributed by atoms with van der Waals surface area (Å²) in [6.45, 7) is 3.62. The number of nitrogens with one attached hydrogen (secondary N) is 1. The van der Waals surface area contributed by atoms with Gasteiger partial charge in [-0.25, -0.2) is 35.8 Å². The third kappa shape index (κ3) is 7.87. The van der Waals surface area contributed by atoms with Gasteiger partial charge in [-0.05, 0) is 94.7 Å². The van der Waals surface area contributed by atoms with E-state index in [1.165, 1.54) is 38.1 Å². The second-order valence-corrected chi connectivity index (χ2v) is 17.8. The first kappa shape index (κ1) is 38.5. The van der Waals surface area contributed by atoms with Crippen LogP contribution in [0.25, 0.3) is 22.0 Å². The molecule has 282 valence electrons. The van der Waals surface area contributed by atoms with Crippen molar-refractivity contribution in [3.8, 4) is 23.0 Å². The van der Waals surface area contributed by atoms with Crippen molar-refractivity contribution in [1.29, 1.82) is 0 Å². The van der Waals surface area contributed by atoms with Crippen LogP contribution < -0.4 is 9.62 Å². The highest BCUT2D eigenvalue weighted by molar-refractivity contribution is 7.93. The molecule has 0 aliphatic heterocycles. The van der Waals surface area contributed by atoms with Crippen LogP contribution in [0.2, 0.25) is 5.02 Å². The van der Waals surface area contributed by atoms with E-state index >= 15 is 0 Å². The molecule has 2 aromatic carbocycles. The molecule has 0 radical (unpaired) electrons. The third-order valence-corrected chi connectivity index (χ3v) is 13.4. The van der Waals surface area contributed by atoms with Gasteiger partial charge in [0.15, 0.2) is 15.7 Å². The van der Waals surface area contributed by atoms with Gasteiger partial charge in [-0.3, -0.25) is 13.2 Å². The maximum atomic E-state index is 14.3. The van der Waals surface area contributed by atoms with Gasteiger partial charge in [0, 0.05) is 28.5 Å². The summed E-state index contributed by atoms with van der Waals surface area (Å²) in [6, 6.07) is 7.06. The smallest absolute Gasteiger partial charge is 0.405 e. The summed E-state index contributed by atoms with van der Waals surface area (Å²) in [6.07, 6.45) is -2.84. The first-order chi connectivity index (χ1) is 24.8. The van der Waals surface area contributed by atoms with Crippen LogP contribution in [0.5, 0.6) is 0 Å². The number of halogens is 5. The monoisotopic (exact) mass is 794 g/mol. The molecule has 0 spiro atoms. The van der Waals surface area contributed by atoms with Crippen LogP contribution in [0.15, 0.2) is 42.5 Å². The molecule has 2 saturated carbocycles. The van der Waals surface area contributed by atoms with E-state index in [9.17, 15) is 44.6 Å². The summed E-state index contributed by atoms with van der Waals surface area (Å²) >= 11 is 3.77. The second-order valence-electron chi connectivity index (χ2n) is 13.8. The number of fused-ring (bicyclic) bond motifs is 1. The van der Waals surface area contributed by atoms with E-state index in [-0.39, 0.29) is 56.2 Å². The Hall–Kier alpha value is -4.24. The molecule has 53 heavy (non-hydrogen) atoms. The summed E-state index contributed by atoms with van der Waals surface area (Å²) in [5.74, 6) is 3.51. The van der Waals surface area contributed by atoms with Crippen molar-refractivity contribution in [2.75, 3.05) is 4.31 Å². The molecule has 18 heteroatoms. The number of nitrogens with zero attached hydrogens (tertiary/aromatic N) is 4. The summed E-state index contributed by atoms with van der Waals surface area (Å²) in [4.78, 5) is 16.8. The van der Waals surface area contributed by atoms with E-state index in [2.05, 4.69) is 27.2 Å². The molecular weight excluding hydrogens is 762 g/mol. The molecule has 2 N–H and O–H groups in total. The molecule has 2 fully saturated rings. The Morgan fingerprint density at radius 3 is 2.38 bits per heavy atom. The van der Waals surface area contributed by atoms with Crippen molar-refractivity contribution in [3.05, 3.63) is 76.1 Å². The Bertz CT molecular complexity index is 2300. The van der Waals surface area contributed by atoms with Crippen molar-refractivity contribution in [2.24, 2.45) is 0 Å². The number of benzene rings is 2. The van der Waals surface area contributed by atoms with Gasteiger partial charge in [-0.2, -0.15) is 5.10 Å². The molecule has 0 bridgehead atoms. The zero-order valence-corrected chi connectivity index (χ0v) is 30.9. The lowest BCUT2D eigenvalue weighted by Crippen LogP contribution is -2.37. The van der Waals surface area contributed by atoms with Gasteiger partial charge >= 0.3 is 6.09 Å². The topological polar surface area (TPSA) is 158 Å². The van der Waals surface area contributed by atoms with E-state index in [0.717, 1.165) is 21.1 Å². The highest BCUT2D eigenvalue weighted by atomic mass is 35.5. The average Bonchev–Trinajstić information content (AvgIpc) is 3.99. The lowest BCUT2D eigenvalue weighted by molar-refractivity contribution is 0.123. The maximum Gasteiger partial charge on any atom is 0.405 e. The fourth-order valence-electron chi connectivity index (χ4n) is 6.22. The zero-order chi connectivity index (χ0) is 38.6. The van der Waals surface area contributed by atoms with E-state index < -0.39 is 73.4 Å². The van der Waals surface area contributed by atoms with Crippen molar-refractivity contribution in [1.82, 2.24) is 20.1 Å². The Morgan fingerprint density at radius 2 is 1.81 bits per heavy atom. The first-order valence-corrected chi connectivity index (χ1v) is 19.4. The maximum absolute atomic E-state index is 14.3. The number of carbonyl (C=O) groups is 1. The SMILES string of the molecule is CC1(N(c2nn(CC(F)F)c3c(-c4ccc(C#CC(C)(C)S(=O)(=O)C5CC5)nc4[C@H](Cc4cc(F)cc(F)c4)NC(=O)O)ccc(Cl)c23)S(=O)[O-])CC1. The van der Waals surface area contributed by atoms with Gasteiger partial charge in [0.2, 0.25) is 0 Å². The first-order valence-electron chi connectivity index (χ1n) is 16.4. The van der Waals surface area contributed by atoms with Crippen LogP contribution in [-0.2, 0) is 34.1 Å². The molecule has 2 atom stereocenters. The van der Waals surface area contributed by atoms with Crippen molar-refractivity contribution in [2.45, 2.75) is 87.4 Å². The number of anilines is 1. The van der Waals surface area contributed by atoms with Crippen molar-refractivity contribution in [3.63, 3.8) is 0 Å². The molecule has 0 saturated heterocycles. The lowest BCUT2D eigenvalue weighted by atomic mass is 9.93. The molecule has 1 amide bonds. The number of hydrogen-bond acceptors (Lipinski definition) is 7. The van der Waals surface area contributed by atoms with Gasteiger partial charge in [0.1, 0.15) is 28.6 Å². The molecule has 2 aliphatic rings. The fraction of sp³-hybridized carbons (Fsp3) is 0.400. The van der Waals surface area contributed by atoms with Crippen molar-refractivity contribution >= 4 is 55.5 Å². The van der Waals surface area contributed by atoms with Gasteiger partial charge in [-0.15, -0.1) is 0 Å². The third-order valence-electron chi connectivity index (χ3n) is 9.31. The predicted molar refractivity (Wildman–Crippen MR) is 190 cm³/mol. The Morgan fingerprint density at radius 1 is 1.17 bits per heavy atom. The van der Waals surface area contributed by atoms with E-state index in [1.807, 2.05) is 0 Å². The molecule has 11 nitrogen and oxygen atoms in total. The highest BCUT2D eigenvalue weighted by Crippen LogP contribution is 2.48.